The van der Waals surface area contributed by atoms with E-state index in [0.29, 0.717) is 5.92 Å². The minimum Gasteiger partial charge on any atom is -0.320 e. The lowest BCUT2D eigenvalue weighted by Crippen LogP contribution is -2.13. The van der Waals surface area contributed by atoms with E-state index >= 15 is 0 Å². The average molecular weight is 226 g/mol. The van der Waals surface area contributed by atoms with Crippen molar-refractivity contribution in [2.75, 3.05) is 13.6 Å². The number of rotatable bonds is 5. The summed E-state index contributed by atoms with van der Waals surface area (Å²) < 4.78 is 0. The SMILES string of the molecule is CNCCC(c1ccccc1)c1ccccn1. The maximum atomic E-state index is 4.48. The van der Waals surface area contributed by atoms with Crippen molar-refractivity contribution in [3.05, 3.63) is 66.0 Å². The number of nitrogens with zero attached hydrogens (tertiary/aromatic N) is 1. The van der Waals surface area contributed by atoms with Gasteiger partial charge >= 0.3 is 0 Å². The summed E-state index contributed by atoms with van der Waals surface area (Å²) in [5, 5.41) is 3.21. The second-order valence-corrected chi connectivity index (χ2v) is 4.11. The summed E-state index contributed by atoms with van der Waals surface area (Å²) in [5.41, 5.74) is 2.48. The van der Waals surface area contributed by atoms with E-state index in [0.717, 1.165) is 18.7 Å². The zero-order valence-corrected chi connectivity index (χ0v) is 10.1. The van der Waals surface area contributed by atoms with Crippen molar-refractivity contribution in [1.82, 2.24) is 10.3 Å². The van der Waals surface area contributed by atoms with Crippen LogP contribution in [-0.2, 0) is 0 Å². The van der Waals surface area contributed by atoms with Crippen LogP contribution < -0.4 is 5.32 Å². The fraction of sp³-hybridized carbons (Fsp3) is 0.267. The Morgan fingerprint density at radius 2 is 1.82 bits per heavy atom. The van der Waals surface area contributed by atoms with E-state index in [-0.39, 0.29) is 0 Å². The topological polar surface area (TPSA) is 24.9 Å². The highest BCUT2D eigenvalue weighted by Crippen LogP contribution is 2.25. The van der Waals surface area contributed by atoms with Gasteiger partial charge in [0.15, 0.2) is 0 Å². The van der Waals surface area contributed by atoms with Gasteiger partial charge in [0.05, 0.1) is 0 Å². The lowest BCUT2D eigenvalue weighted by molar-refractivity contribution is 0.649. The molecule has 2 aromatic rings. The second kappa shape index (κ2) is 6.16. The molecule has 88 valence electrons. The van der Waals surface area contributed by atoms with Crippen LogP contribution in [0.15, 0.2) is 54.7 Å². The summed E-state index contributed by atoms with van der Waals surface area (Å²) in [6.45, 7) is 0.996. The normalized spacial score (nSPS) is 12.3. The molecule has 0 saturated carbocycles. The van der Waals surface area contributed by atoms with Gasteiger partial charge in [0.25, 0.3) is 0 Å². The molecule has 2 rings (SSSR count). The van der Waals surface area contributed by atoms with Gasteiger partial charge in [0.2, 0.25) is 0 Å². The third kappa shape index (κ3) is 3.14. The monoisotopic (exact) mass is 226 g/mol. The number of pyridine rings is 1. The van der Waals surface area contributed by atoms with E-state index in [4.69, 9.17) is 0 Å². The molecule has 1 N–H and O–H groups in total. The second-order valence-electron chi connectivity index (χ2n) is 4.11. The molecule has 0 aliphatic rings. The minimum atomic E-state index is 0.379. The molecular weight excluding hydrogens is 208 g/mol. The standard InChI is InChI=1S/C15H18N2/c1-16-12-10-14(13-7-3-2-4-8-13)15-9-5-6-11-17-15/h2-9,11,14,16H,10,12H2,1H3. The van der Waals surface area contributed by atoms with Crippen LogP contribution in [-0.4, -0.2) is 18.6 Å². The van der Waals surface area contributed by atoms with Crippen molar-refractivity contribution in [1.29, 1.82) is 0 Å². The summed E-state index contributed by atoms with van der Waals surface area (Å²) in [6, 6.07) is 16.7. The number of hydrogen-bond donors (Lipinski definition) is 1. The lowest BCUT2D eigenvalue weighted by Gasteiger charge is -2.16. The first-order valence-electron chi connectivity index (χ1n) is 6.02. The maximum Gasteiger partial charge on any atom is 0.0478 e. The zero-order valence-electron chi connectivity index (χ0n) is 10.1. The Morgan fingerprint density at radius 1 is 1.06 bits per heavy atom. The summed E-state index contributed by atoms with van der Waals surface area (Å²) in [7, 11) is 1.99. The van der Waals surface area contributed by atoms with E-state index in [2.05, 4.69) is 52.8 Å². The summed E-state index contributed by atoms with van der Waals surface area (Å²) in [4.78, 5) is 4.48. The van der Waals surface area contributed by atoms with E-state index in [1.54, 1.807) is 0 Å². The molecule has 0 spiro atoms. The first kappa shape index (κ1) is 11.8. The third-order valence-corrected chi connectivity index (χ3v) is 2.93. The van der Waals surface area contributed by atoms with Crippen LogP contribution in [0, 0.1) is 0 Å². The Balaban J connectivity index is 2.26. The Hall–Kier alpha value is -1.67. The molecule has 1 atom stereocenters. The molecule has 17 heavy (non-hydrogen) atoms. The Bertz CT molecular complexity index is 386. The summed E-state index contributed by atoms with van der Waals surface area (Å²) >= 11 is 0. The van der Waals surface area contributed by atoms with Crippen molar-refractivity contribution in [2.24, 2.45) is 0 Å². The zero-order chi connectivity index (χ0) is 11.9. The molecule has 0 fully saturated rings. The molecule has 0 aliphatic heterocycles. The smallest absolute Gasteiger partial charge is 0.0478 e. The molecule has 0 bridgehead atoms. The van der Waals surface area contributed by atoms with Crippen molar-refractivity contribution >= 4 is 0 Å². The molecule has 1 heterocycles. The van der Waals surface area contributed by atoms with Crippen LogP contribution in [0.1, 0.15) is 23.6 Å². The first-order chi connectivity index (χ1) is 8.42. The highest BCUT2D eigenvalue weighted by atomic mass is 14.8. The predicted molar refractivity (Wildman–Crippen MR) is 71.1 cm³/mol. The Morgan fingerprint density at radius 3 is 2.47 bits per heavy atom. The number of benzene rings is 1. The van der Waals surface area contributed by atoms with Crippen LogP contribution in [0.4, 0.5) is 0 Å². The van der Waals surface area contributed by atoms with Crippen LogP contribution in [0.5, 0.6) is 0 Å². The van der Waals surface area contributed by atoms with E-state index in [1.165, 1.54) is 5.56 Å². The number of hydrogen-bond acceptors (Lipinski definition) is 2. The summed E-state index contributed by atoms with van der Waals surface area (Å²) in [5.74, 6) is 0.379. The van der Waals surface area contributed by atoms with Gasteiger partial charge in [-0.15, -0.1) is 0 Å². The fourth-order valence-electron chi connectivity index (χ4n) is 2.04. The molecular formula is C15H18N2. The molecule has 2 heteroatoms. The van der Waals surface area contributed by atoms with Crippen molar-refractivity contribution in [3.8, 4) is 0 Å². The van der Waals surface area contributed by atoms with Gasteiger partial charge in [0, 0.05) is 17.8 Å². The van der Waals surface area contributed by atoms with E-state index < -0.39 is 0 Å². The van der Waals surface area contributed by atoms with Gasteiger partial charge in [-0.05, 0) is 37.7 Å². The maximum absolute atomic E-state index is 4.48. The lowest BCUT2D eigenvalue weighted by atomic mass is 9.92. The van der Waals surface area contributed by atoms with Crippen LogP contribution in [0.3, 0.4) is 0 Å². The van der Waals surface area contributed by atoms with Gasteiger partial charge in [-0.3, -0.25) is 4.98 Å². The quantitative estimate of drug-likeness (QED) is 0.848. The van der Waals surface area contributed by atoms with E-state index in [9.17, 15) is 0 Å². The molecule has 1 unspecified atom stereocenters. The predicted octanol–water partition coefficient (Wildman–Crippen LogP) is 2.82. The fourth-order valence-corrected chi connectivity index (χ4v) is 2.04. The van der Waals surface area contributed by atoms with Gasteiger partial charge in [-0.1, -0.05) is 36.4 Å². The van der Waals surface area contributed by atoms with Gasteiger partial charge in [-0.25, -0.2) is 0 Å². The number of nitrogens with one attached hydrogen (secondary N) is 1. The van der Waals surface area contributed by atoms with Gasteiger partial charge in [0.1, 0.15) is 0 Å². The molecule has 0 radical (unpaired) electrons. The summed E-state index contributed by atoms with van der Waals surface area (Å²) in [6.07, 6.45) is 2.93. The van der Waals surface area contributed by atoms with Crippen LogP contribution in [0.25, 0.3) is 0 Å². The highest BCUT2D eigenvalue weighted by molar-refractivity contribution is 5.28. The van der Waals surface area contributed by atoms with Gasteiger partial charge < -0.3 is 5.32 Å². The van der Waals surface area contributed by atoms with Crippen LogP contribution in [0.2, 0.25) is 0 Å². The van der Waals surface area contributed by atoms with E-state index in [1.807, 2.05) is 19.3 Å². The molecule has 0 amide bonds. The molecule has 1 aromatic carbocycles. The minimum absolute atomic E-state index is 0.379. The molecule has 2 nitrogen and oxygen atoms in total. The third-order valence-electron chi connectivity index (χ3n) is 2.93. The van der Waals surface area contributed by atoms with Crippen molar-refractivity contribution in [2.45, 2.75) is 12.3 Å². The first-order valence-corrected chi connectivity index (χ1v) is 6.02. The van der Waals surface area contributed by atoms with Crippen molar-refractivity contribution < 1.29 is 0 Å². The average Bonchev–Trinajstić information content (AvgIpc) is 2.42. The largest absolute Gasteiger partial charge is 0.320 e. The van der Waals surface area contributed by atoms with Crippen LogP contribution >= 0.6 is 0 Å². The highest BCUT2D eigenvalue weighted by Gasteiger charge is 2.13. The Labute approximate surface area is 103 Å². The van der Waals surface area contributed by atoms with Crippen molar-refractivity contribution in [3.63, 3.8) is 0 Å². The number of aromatic nitrogens is 1. The molecule has 0 aliphatic carbocycles. The Kier molecular flexibility index (Phi) is 4.28. The van der Waals surface area contributed by atoms with Gasteiger partial charge in [-0.2, -0.15) is 0 Å². The molecule has 1 aromatic heterocycles. The molecule has 0 saturated heterocycles.